The largest absolute Gasteiger partial charge is 0.485 e. The summed E-state index contributed by atoms with van der Waals surface area (Å²) in [5.74, 6) is 1.46. The summed E-state index contributed by atoms with van der Waals surface area (Å²) in [4.78, 5) is 21.3. The van der Waals surface area contributed by atoms with Crippen LogP contribution in [0.25, 0.3) is 11.3 Å². The van der Waals surface area contributed by atoms with E-state index in [1.807, 2.05) is 12.3 Å². The lowest BCUT2D eigenvalue weighted by molar-refractivity contribution is 0.102. The van der Waals surface area contributed by atoms with Crippen molar-refractivity contribution in [2.75, 3.05) is 5.32 Å². The van der Waals surface area contributed by atoms with Gasteiger partial charge in [-0.25, -0.2) is 4.98 Å². The zero-order valence-corrected chi connectivity index (χ0v) is 18.3. The Bertz CT molecular complexity index is 1200. The van der Waals surface area contributed by atoms with Gasteiger partial charge in [-0.3, -0.25) is 10.1 Å². The Kier molecular flexibility index (Phi) is 6.08. The van der Waals surface area contributed by atoms with Crippen LogP contribution in [0.15, 0.2) is 52.4 Å². The van der Waals surface area contributed by atoms with E-state index >= 15 is 0 Å². The predicted molar refractivity (Wildman–Crippen MR) is 119 cm³/mol. The van der Waals surface area contributed by atoms with Crippen LogP contribution in [-0.2, 0) is 13.0 Å². The van der Waals surface area contributed by atoms with Gasteiger partial charge in [-0.05, 0) is 43.7 Å². The van der Waals surface area contributed by atoms with Crippen molar-refractivity contribution < 1.29 is 14.1 Å². The highest BCUT2D eigenvalue weighted by Gasteiger charge is 2.12. The second-order valence-electron chi connectivity index (χ2n) is 7.08. The zero-order valence-electron chi connectivity index (χ0n) is 17.5. The molecule has 0 spiro atoms. The lowest BCUT2D eigenvalue weighted by atomic mass is 10.0. The zero-order chi connectivity index (χ0) is 21.8. The molecule has 1 N–H and O–H groups in total. The van der Waals surface area contributed by atoms with Gasteiger partial charge in [0.05, 0.1) is 5.69 Å². The van der Waals surface area contributed by atoms with Crippen molar-refractivity contribution in [2.24, 2.45) is 0 Å². The van der Waals surface area contributed by atoms with E-state index in [0.29, 0.717) is 34.6 Å². The molecule has 0 saturated heterocycles. The van der Waals surface area contributed by atoms with Crippen LogP contribution < -0.4 is 10.1 Å². The Morgan fingerprint density at radius 2 is 1.94 bits per heavy atom. The van der Waals surface area contributed by atoms with Gasteiger partial charge in [-0.2, -0.15) is 4.98 Å². The molecule has 1 amide bonds. The number of aromatic nitrogens is 3. The molecular weight excluding hydrogens is 412 g/mol. The first kappa shape index (κ1) is 20.7. The third kappa shape index (κ3) is 4.97. The number of hydrogen-bond acceptors (Lipinski definition) is 7. The van der Waals surface area contributed by atoms with E-state index in [1.165, 1.54) is 16.9 Å². The maximum Gasteiger partial charge on any atom is 0.257 e. The summed E-state index contributed by atoms with van der Waals surface area (Å²) >= 11 is 1.40. The quantitative estimate of drug-likeness (QED) is 0.430. The maximum absolute atomic E-state index is 12.6. The van der Waals surface area contributed by atoms with E-state index in [0.717, 1.165) is 16.8 Å². The first-order chi connectivity index (χ1) is 15.0. The summed E-state index contributed by atoms with van der Waals surface area (Å²) < 4.78 is 10.7. The molecule has 4 rings (SSSR count). The van der Waals surface area contributed by atoms with Crippen LogP contribution in [0.2, 0.25) is 0 Å². The molecule has 8 heteroatoms. The van der Waals surface area contributed by atoms with Crippen LogP contribution in [0.1, 0.15) is 40.1 Å². The molecule has 2 aromatic carbocycles. The van der Waals surface area contributed by atoms with Gasteiger partial charge in [-0.15, -0.1) is 11.3 Å². The Morgan fingerprint density at radius 1 is 1.13 bits per heavy atom. The molecule has 31 heavy (non-hydrogen) atoms. The van der Waals surface area contributed by atoms with Gasteiger partial charge in [0, 0.05) is 22.9 Å². The Balaban J connectivity index is 1.37. The maximum atomic E-state index is 12.6. The normalized spacial score (nSPS) is 10.8. The van der Waals surface area contributed by atoms with Crippen molar-refractivity contribution in [1.82, 2.24) is 15.1 Å². The topological polar surface area (TPSA) is 90.1 Å². The molecule has 0 saturated carbocycles. The van der Waals surface area contributed by atoms with Crippen molar-refractivity contribution >= 4 is 22.4 Å². The highest BCUT2D eigenvalue weighted by Crippen LogP contribution is 2.28. The molecule has 0 fully saturated rings. The number of carbonyl (C=O) groups excluding carboxylic acids is 1. The first-order valence-electron chi connectivity index (χ1n) is 9.90. The van der Waals surface area contributed by atoms with Crippen molar-refractivity contribution in [3.63, 3.8) is 0 Å². The number of nitrogens with one attached hydrogen (secondary N) is 1. The third-order valence-electron chi connectivity index (χ3n) is 4.68. The summed E-state index contributed by atoms with van der Waals surface area (Å²) in [5, 5.41) is 9.22. The highest BCUT2D eigenvalue weighted by molar-refractivity contribution is 7.14. The number of anilines is 1. The van der Waals surface area contributed by atoms with Gasteiger partial charge in [-0.1, -0.05) is 35.8 Å². The number of carbonyl (C=O) groups is 1. The second-order valence-corrected chi connectivity index (χ2v) is 7.94. The van der Waals surface area contributed by atoms with Crippen LogP contribution in [0, 0.1) is 13.8 Å². The molecule has 0 unspecified atom stereocenters. The number of rotatable bonds is 7. The van der Waals surface area contributed by atoms with Crippen LogP contribution >= 0.6 is 11.3 Å². The fourth-order valence-electron chi connectivity index (χ4n) is 3.07. The molecule has 0 bridgehead atoms. The van der Waals surface area contributed by atoms with Crippen LogP contribution in [-0.4, -0.2) is 21.0 Å². The molecule has 2 aromatic heterocycles. The summed E-state index contributed by atoms with van der Waals surface area (Å²) in [7, 11) is 0. The third-order valence-corrected chi connectivity index (χ3v) is 5.44. The molecule has 7 nitrogen and oxygen atoms in total. The van der Waals surface area contributed by atoms with Crippen molar-refractivity contribution in [3.8, 4) is 17.0 Å². The summed E-state index contributed by atoms with van der Waals surface area (Å²) in [6.45, 7) is 6.27. The van der Waals surface area contributed by atoms with Gasteiger partial charge in [0.2, 0.25) is 11.7 Å². The molecule has 4 aromatic rings. The SMILES string of the molecule is CCc1nc(COc2ccc(C(=O)Nc3nc(-c4ccc(C)cc4C)cs3)cc2)no1. The Labute approximate surface area is 184 Å². The molecule has 0 radical (unpaired) electrons. The van der Waals surface area contributed by atoms with E-state index in [2.05, 4.69) is 52.5 Å². The number of hydrogen-bond donors (Lipinski definition) is 1. The van der Waals surface area contributed by atoms with E-state index in [4.69, 9.17) is 9.26 Å². The van der Waals surface area contributed by atoms with Crippen molar-refractivity contribution in [1.29, 1.82) is 0 Å². The van der Waals surface area contributed by atoms with Gasteiger partial charge in [0.25, 0.3) is 5.91 Å². The lowest BCUT2D eigenvalue weighted by Crippen LogP contribution is -2.11. The fraction of sp³-hybridized carbons (Fsp3) is 0.217. The van der Waals surface area contributed by atoms with Gasteiger partial charge < -0.3 is 9.26 Å². The minimum atomic E-state index is -0.223. The summed E-state index contributed by atoms with van der Waals surface area (Å²) in [6.07, 6.45) is 0.683. The summed E-state index contributed by atoms with van der Waals surface area (Å²) in [5.41, 5.74) is 4.81. The van der Waals surface area contributed by atoms with Crippen LogP contribution in [0.5, 0.6) is 5.75 Å². The number of thiazole rings is 1. The lowest BCUT2D eigenvalue weighted by Gasteiger charge is -2.06. The van der Waals surface area contributed by atoms with Crippen molar-refractivity contribution in [3.05, 3.63) is 76.3 Å². The smallest absolute Gasteiger partial charge is 0.257 e. The molecule has 0 aliphatic carbocycles. The minimum absolute atomic E-state index is 0.204. The van der Waals surface area contributed by atoms with E-state index < -0.39 is 0 Å². The van der Waals surface area contributed by atoms with Crippen molar-refractivity contribution in [2.45, 2.75) is 33.8 Å². The highest BCUT2D eigenvalue weighted by atomic mass is 32.1. The Morgan fingerprint density at radius 3 is 2.65 bits per heavy atom. The minimum Gasteiger partial charge on any atom is -0.485 e. The van der Waals surface area contributed by atoms with Gasteiger partial charge >= 0.3 is 0 Å². The van der Waals surface area contributed by atoms with Crippen LogP contribution in [0.3, 0.4) is 0 Å². The monoisotopic (exact) mass is 434 g/mol. The number of ether oxygens (including phenoxy) is 1. The average Bonchev–Trinajstić information content (AvgIpc) is 3.42. The summed E-state index contributed by atoms with van der Waals surface area (Å²) in [6, 6.07) is 13.1. The molecule has 2 heterocycles. The van der Waals surface area contributed by atoms with Crippen LogP contribution in [0.4, 0.5) is 5.13 Å². The van der Waals surface area contributed by atoms with E-state index in [1.54, 1.807) is 24.3 Å². The van der Waals surface area contributed by atoms with E-state index in [-0.39, 0.29) is 12.5 Å². The molecule has 0 atom stereocenters. The standard InChI is InChI=1S/C23H22N4O3S/c1-4-21-25-20(27-30-21)12-29-17-8-6-16(7-9-17)22(28)26-23-24-19(13-31-23)18-10-5-14(2)11-15(18)3/h5-11,13H,4,12H2,1-3H3,(H,24,26,28). The predicted octanol–water partition coefficient (Wildman–Crippen LogP) is 5.20. The van der Waals surface area contributed by atoms with Gasteiger partial charge in [0.1, 0.15) is 5.75 Å². The Hall–Kier alpha value is -3.52. The first-order valence-corrected chi connectivity index (χ1v) is 10.8. The number of amides is 1. The fourth-order valence-corrected chi connectivity index (χ4v) is 3.77. The molecule has 158 valence electrons. The number of aryl methyl sites for hydroxylation is 3. The second kappa shape index (κ2) is 9.09. The van der Waals surface area contributed by atoms with Gasteiger partial charge in [0.15, 0.2) is 11.7 Å². The molecule has 0 aliphatic heterocycles. The molecular formula is C23H22N4O3S. The molecule has 0 aliphatic rings. The number of nitrogens with zero attached hydrogens (tertiary/aromatic N) is 3. The number of benzene rings is 2. The average molecular weight is 435 g/mol. The van der Waals surface area contributed by atoms with E-state index in [9.17, 15) is 4.79 Å².